The third-order valence-electron chi connectivity index (χ3n) is 9.62. The highest BCUT2D eigenvalue weighted by atomic mass is 33.1. The molecule has 8 nitrogen and oxygen atoms in total. The quantitative estimate of drug-likeness (QED) is 0.357. The number of aliphatic hydroxyl groups excluding tert-OH is 1. The summed E-state index contributed by atoms with van der Waals surface area (Å²) in [5, 5.41) is 23.2. The van der Waals surface area contributed by atoms with Crippen LogP contribution < -0.4 is 0 Å². The van der Waals surface area contributed by atoms with Gasteiger partial charge in [-0.25, -0.2) is 12.8 Å². The number of hydrogen-bond acceptors (Lipinski definition) is 9. The molecule has 0 aromatic carbocycles. The van der Waals surface area contributed by atoms with Crippen LogP contribution >= 0.6 is 10.8 Å². The number of hydrogen-bond donors (Lipinski definition) is 2. The summed E-state index contributed by atoms with van der Waals surface area (Å²) in [4.78, 5) is 37.4. The molecule has 4 aliphatic rings. The van der Waals surface area contributed by atoms with Gasteiger partial charge in [-0.05, 0) is 67.4 Å². The van der Waals surface area contributed by atoms with Crippen molar-refractivity contribution in [2.24, 2.45) is 28.6 Å². The maximum atomic E-state index is 17.2. The Morgan fingerprint density at radius 2 is 1.95 bits per heavy atom. The van der Waals surface area contributed by atoms with Gasteiger partial charge in [0, 0.05) is 28.8 Å². The van der Waals surface area contributed by atoms with Gasteiger partial charge in [0.15, 0.2) is 26.9 Å². The maximum Gasteiger partial charge on any atom is 0.307 e. The molecule has 0 aromatic heterocycles. The molecule has 4 aliphatic carbocycles. The molecular formula is C26H35FO8S2. The molecule has 0 aromatic rings. The van der Waals surface area contributed by atoms with Gasteiger partial charge in [-0.15, -0.1) is 0 Å². The number of carbonyl (C=O) groups is 3. The predicted octanol–water partition coefficient (Wildman–Crippen LogP) is 2.53. The zero-order chi connectivity index (χ0) is 27.6. The number of allylic oxidation sites excluding steroid dienone is 4. The van der Waals surface area contributed by atoms with Crippen LogP contribution in [0.1, 0.15) is 52.9 Å². The van der Waals surface area contributed by atoms with E-state index in [0.29, 0.717) is 35.6 Å². The Morgan fingerprint density at radius 3 is 2.59 bits per heavy atom. The van der Waals surface area contributed by atoms with Crippen molar-refractivity contribution in [2.75, 3.05) is 18.6 Å². The second-order valence-corrected chi connectivity index (χ2v) is 16.1. The molecule has 3 saturated carbocycles. The lowest BCUT2D eigenvalue weighted by Gasteiger charge is -2.62. The number of ketones is 2. The summed E-state index contributed by atoms with van der Waals surface area (Å²) < 4.78 is 44.7. The fourth-order valence-electron chi connectivity index (χ4n) is 7.75. The minimum Gasteiger partial charge on any atom is -0.458 e. The van der Waals surface area contributed by atoms with Gasteiger partial charge in [0.25, 0.3) is 0 Å². The number of esters is 1. The van der Waals surface area contributed by atoms with E-state index in [-0.39, 0.29) is 24.4 Å². The summed E-state index contributed by atoms with van der Waals surface area (Å²) in [5.41, 5.74) is -5.70. The van der Waals surface area contributed by atoms with Crippen molar-refractivity contribution < 1.29 is 42.1 Å². The Hall–Kier alpha value is -1.56. The van der Waals surface area contributed by atoms with Crippen molar-refractivity contribution in [1.29, 1.82) is 0 Å². The first-order valence-corrected chi connectivity index (χ1v) is 16.0. The first-order chi connectivity index (χ1) is 17.0. The van der Waals surface area contributed by atoms with Crippen molar-refractivity contribution in [3.05, 3.63) is 23.8 Å². The normalized spacial score (nSPS) is 42.9. The number of Topliss-reactive ketones (excluding diaryl/α,β-unsaturated/α-hetero) is 1. The molecule has 206 valence electrons. The fraction of sp³-hybridized carbons (Fsp3) is 0.731. The summed E-state index contributed by atoms with van der Waals surface area (Å²) in [5.74, 6) is -3.34. The first kappa shape index (κ1) is 28.4. The molecule has 0 heterocycles. The van der Waals surface area contributed by atoms with E-state index in [4.69, 9.17) is 4.74 Å². The summed E-state index contributed by atoms with van der Waals surface area (Å²) in [6.07, 6.45) is 4.72. The van der Waals surface area contributed by atoms with Crippen molar-refractivity contribution in [3.8, 4) is 0 Å². The molecule has 4 rings (SSSR count). The zero-order valence-corrected chi connectivity index (χ0v) is 23.2. The number of fused-ring (bicyclic) bond motifs is 5. The van der Waals surface area contributed by atoms with Crippen molar-refractivity contribution >= 4 is 37.2 Å². The molecule has 8 atom stereocenters. The van der Waals surface area contributed by atoms with Gasteiger partial charge in [-0.1, -0.05) is 25.5 Å². The second kappa shape index (κ2) is 9.27. The maximum absolute atomic E-state index is 17.2. The van der Waals surface area contributed by atoms with Gasteiger partial charge >= 0.3 is 5.97 Å². The predicted molar refractivity (Wildman–Crippen MR) is 136 cm³/mol. The second-order valence-electron chi connectivity index (χ2n) is 11.5. The van der Waals surface area contributed by atoms with Gasteiger partial charge in [-0.3, -0.25) is 14.4 Å². The van der Waals surface area contributed by atoms with Crippen LogP contribution in [0.25, 0.3) is 0 Å². The average molecular weight is 559 g/mol. The van der Waals surface area contributed by atoms with E-state index in [1.165, 1.54) is 12.2 Å². The number of ether oxygens (including phenoxy) is 1. The summed E-state index contributed by atoms with van der Waals surface area (Å²) in [6.45, 7) is 4.44. The van der Waals surface area contributed by atoms with Crippen molar-refractivity contribution in [1.82, 2.24) is 0 Å². The highest BCUT2D eigenvalue weighted by Crippen LogP contribution is 2.70. The molecule has 37 heavy (non-hydrogen) atoms. The number of halogens is 1. The van der Waals surface area contributed by atoms with Crippen LogP contribution in [0.15, 0.2) is 23.8 Å². The molecule has 0 amide bonds. The lowest BCUT2D eigenvalue weighted by molar-refractivity contribution is -0.220. The van der Waals surface area contributed by atoms with Gasteiger partial charge < -0.3 is 14.9 Å². The number of aliphatic hydroxyl groups is 2. The Morgan fingerprint density at radius 1 is 1.27 bits per heavy atom. The standard InChI is InChI=1S/C26H35FO8S2/c1-15-11-19-18-6-5-16-12-17(28)7-9-23(16,2)25(18,27)20(29)13-24(19,3)26(15,32)21(30)14-35-22(31)8-10-36-37(4,33)34/h7,9,12,15,18-20,29,32H,5-6,8,10-11,13-14H2,1-4H3/t15-,18?,19+,20+,23+,24+,25+,26+/m1/s1. The zero-order valence-electron chi connectivity index (χ0n) is 21.5. The van der Waals surface area contributed by atoms with Gasteiger partial charge in [-0.2, -0.15) is 0 Å². The Kier molecular flexibility index (Phi) is 7.13. The molecule has 3 fully saturated rings. The smallest absolute Gasteiger partial charge is 0.307 e. The fourth-order valence-corrected chi connectivity index (χ4v) is 9.46. The van der Waals surface area contributed by atoms with Gasteiger partial charge in [0.2, 0.25) is 5.78 Å². The van der Waals surface area contributed by atoms with Crippen LogP contribution in [0.5, 0.6) is 0 Å². The Labute approximate surface area is 220 Å². The van der Waals surface area contributed by atoms with Crippen molar-refractivity contribution in [3.63, 3.8) is 0 Å². The highest BCUT2D eigenvalue weighted by Gasteiger charge is 2.75. The molecule has 0 saturated heterocycles. The minimum atomic E-state index is -3.31. The number of alkyl halides is 1. The minimum absolute atomic E-state index is 0.0198. The summed E-state index contributed by atoms with van der Waals surface area (Å²) in [6, 6.07) is 0. The molecule has 1 unspecified atom stereocenters. The van der Waals surface area contributed by atoms with Crippen LogP contribution in [-0.2, 0) is 28.0 Å². The monoisotopic (exact) mass is 558 g/mol. The van der Waals surface area contributed by atoms with E-state index >= 15 is 4.39 Å². The molecule has 0 bridgehead atoms. The van der Waals surface area contributed by atoms with Gasteiger partial charge in [0.1, 0.15) is 5.60 Å². The van der Waals surface area contributed by atoms with Crippen molar-refractivity contribution in [2.45, 2.75) is 70.2 Å². The SMILES string of the molecule is C[C@@H]1C[C@H]2C3CCC4=CC(=O)C=C[C@]4(C)[C@@]3(F)[C@@H](O)C[C@]2(C)[C@@]1(O)C(=O)COC(=O)CCSS(C)(=O)=O. The van der Waals surface area contributed by atoms with Crippen LogP contribution in [0.4, 0.5) is 4.39 Å². The molecule has 0 radical (unpaired) electrons. The van der Waals surface area contributed by atoms with E-state index in [9.17, 15) is 33.0 Å². The number of carbonyl (C=O) groups excluding carboxylic acids is 3. The van der Waals surface area contributed by atoms with Crippen LogP contribution in [0.2, 0.25) is 0 Å². The average Bonchev–Trinajstić information content (AvgIpc) is 2.99. The molecule has 0 aliphatic heterocycles. The van der Waals surface area contributed by atoms with E-state index in [1.807, 2.05) is 0 Å². The lowest BCUT2D eigenvalue weighted by atomic mass is 9.44. The van der Waals surface area contributed by atoms with E-state index in [2.05, 4.69) is 0 Å². The Balaban J connectivity index is 1.56. The molecule has 11 heteroatoms. The summed E-state index contributed by atoms with van der Waals surface area (Å²) in [7, 11) is -2.71. The molecular weight excluding hydrogens is 523 g/mol. The van der Waals surface area contributed by atoms with Crippen LogP contribution in [0.3, 0.4) is 0 Å². The largest absolute Gasteiger partial charge is 0.458 e. The van der Waals surface area contributed by atoms with E-state index in [0.717, 1.165) is 6.26 Å². The molecule has 0 spiro atoms. The van der Waals surface area contributed by atoms with E-state index < -0.39 is 73.2 Å². The molecule has 2 N–H and O–H groups in total. The lowest BCUT2D eigenvalue weighted by Crippen LogP contribution is -2.69. The van der Waals surface area contributed by atoms with Gasteiger partial charge in [0.05, 0.1) is 12.5 Å². The topological polar surface area (TPSA) is 135 Å². The van der Waals surface area contributed by atoms with Crippen LogP contribution in [-0.4, -0.2) is 72.2 Å². The third kappa shape index (κ3) is 4.24. The third-order valence-corrected chi connectivity index (χ3v) is 12.2. The van der Waals surface area contributed by atoms with E-state index in [1.54, 1.807) is 26.8 Å². The first-order valence-electron chi connectivity index (χ1n) is 12.6. The number of rotatable bonds is 7. The highest BCUT2D eigenvalue weighted by molar-refractivity contribution is 8.71. The Bertz CT molecular complexity index is 1180. The van der Waals surface area contributed by atoms with Crippen LogP contribution in [0, 0.1) is 28.6 Å². The summed E-state index contributed by atoms with van der Waals surface area (Å²) >= 11 is 0.